The van der Waals surface area contributed by atoms with Crippen LogP contribution in [0.1, 0.15) is 36.5 Å². The number of carbonyl (C=O) groups excluding carboxylic acids is 1. The maximum absolute atomic E-state index is 12.3. The van der Waals surface area contributed by atoms with Crippen molar-refractivity contribution in [1.29, 1.82) is 0 Å². The summed E-state index contributed by atoms with van der Waals surface area (Å²) in [6.45, 7) is 4.09. The molecule has 1 unspecified atom stereocenters. The number of hydrogen-bond acceptors (Lipinski definition) is 3. The molecule has 1 fully saturated rings. The van der Waals surface area contributed by atoms with Gasteiger partial charge >= 0.3 is 0 Å². The molecule has 0 saturated carbocycles. The predicted molar refractivity (Wildman–Crippen MR) is 81.5 cm³/mol. The number of rotatable bonds is 5. The van der Waals surface area contributed by atoms with Crippen LogP contribution in [0.15, 0.2) is 18.2 Å². The topological polar surface area (TPSA) is 50.4 Å². The van der Waals surface area contributed by atoms with Gasteiger partial charge in [0.15, 0.2) is 0 Å². The third-order valence-corrected chi connectivity index (χ3v) is 3.59. The summed E-state index contributed by atoms with van der Waals surface area (Å²) in [4.78, 5) is 12.3. The average molecular weight is 297 g/mol. The van der Waals surface area contributed by atoms with Crippen LogP contribution in [0.2, 0.25) is 5.02 Å². The Morgan fingerprint density at radius 3 is 3.00 bits per heavy atom. The number of nitrogens with one attached hydrogen (secondary N) is 2. The van der Waals surface area contributed by atoms with Crippen LogP contribution in [0.25, 0.3) is 0 Å². The number of hydrogen-bond donors (Lipinski definition) is 2. The molecule has 0 aliphatic carbocycles. The summed E-state index contributed by atoms with van der Waals surface area (Å²) in [5, 5.41) is 6.66. The van der Waals surface area contributed by atoms with Gasteiger partial charge in [0.05, 0.1) is 11.7 Å². The lowest BCUT2D eigenvalue weighted by molar-refractivity contribution is 0.0169. The van der Waals surface area contributed by atoms with Crippen molar-refractivity contribution in [2.45, 2.75) is 32.3 Å². The lowest BCUT2D eigenvalue weighted by Crippen LogP contribution is -2.35. The Morgan fingerprint density at radius 2 is 2.30 bits per heavy atom. The summed E-state index contributed by atoms with van der Waals surface area (Å²) >= 11 is 5.98. The number of anilines is 1. The van der Waals surface area contributed by atoms with E-state index in [0.29, 0.717) is 17.1 Å². The van der Waals surface area contributed by atoms with E-state index in [9.17, 15) is 4.79 Å². The van der Waals surface area contributed by atoms with E-state index in [4.69, 9.17) is 16.3 Å². The molecule has 20 heavy (non-hydrogen) atoms. The molecular weight excluding hydrogens is 276 g/mol. The Balaban J connectivity index is 1.98. The minimum absolute atomic E-state index is 0.113. The zero-order valence-corrected chi connectivity index (χ0v) is 12.5. The van der Waals surface area contributed by atoms with Gasteiger partial charge in [-0.05, 0) is 44.4 Å². The minimum atomic E-state index is -0.113. The summed E-state index contributed by atoms with van der Waals surface area (Å²) in [6, 6.07) is 5.30. The van der Waals surface area contributed by atoms with E-state index >= 15 is 0 Å². The number of amides is 1. The van der Waals surface area contributed by atoms with Crippen molar-refractivity contribution in [1.82, 2.24) is 5.32 Å². The first-order chi connectivity index (χ1) is 9.70. The zero-order valence-electron chi connectivity index (χ0n) is 11.7. The molecule has 1 aromatic carbocycles. The fourth-order valence-corrected chi connectivity index (χ4v) is 2.49. The highest BCUT2D eigenvalue weighted by Gasteiger charge is 2.17. The summed E-state index contributed by atoms with van der Waals surface area (Å²) in [5.41, 5.74) is 1.38. The van der Waals surface area contributed by atoms with E-state index in [1.165, 1.54) is 6.42 Å². The summed E-state index contributed by atoms with van der Waals surface area (Å²) in [5.74, 6) is -0.113. The van der Waals surface area contributed by atoms with Crippen molar-refractivity contribution < 1.29 is 9.53 Å². The van der Waals surface area contributed by atoms with Gasteiger partial charge in [0.2, 0.25) is 0 Å². The van der Waals surface area contributed by atoms with E-state index < -0.39 is 0 Å². The summed E-state index contributed by atoms with van der Waals surface area (Å²) in [7, 11) is 0. The molecule has 1 aliphatic rings. The molecule has 5 heteroatoms. The van der Waals surface area contributed by atoms with Crippen molar-refractivity contribution in [2.75, 3.05) is 25.0 Å². The number of ether oxygens (including phenoxy) is 1. The van der Waals surface area contributed by atoms with Gasteiger partial charge in [0.25, 0.3) is 5.91 Å². The van der Waals surface area contributed by atoms with Gasteiger partial charge in [-0.25, -0.2) is 0 Å². The molecule has 0 radical (unpaired) electrons. The third kappa shape index (κ3) is 4.12. The van der Waals surface area contributed by atoms with Gasteiger partial charge in [-0.3, -0.25) is 4.79 Å². The maximum atomic E-state index is 12.3. The van der Waals surface area contributed by atoms with Crippen molar-refractivity contribution in [3.8, 4) is 0 Å². The molecule has 1 saturated heterocycles. The molecule has 0 spiro atoms. The smallest absolute Gasteiger partial charge is 0.253 e. The van der Waals surface area contributed by atoms with Gasteiger partial charge in [-0.2, -0.15) is 0 Å². The number of benzene rings is 1. The van der Waals surface area contributed by atoms with Gasteiger partial charge in [-0.1, -0.05) is 11.6 Å². The second-order valence-corrected chi connectivity index (χ2v) is 5.36. The van der Waals surface area contributed by atoms with Crippen LogP contribution in [-0.4, -0.2) is 31.7 Å². The molecular formula is C15H21ClN2O2. The highest BCUT2D eigenvalue weighted by Crippen LogP contribution is 2.21. The SMILES string of the molecule is CCNc1ccc(Cl)cc1C(=O)NCC1CCCCO1. The fourth-order valence-electron chi connectivity index (χ4n) is 2.32. The van der Waals surface area contributed by atoms with E-state index in [2.05, 4.69) is 10.6 Å². The van der Waals surface area contributed by atoms with Crippen LogP contribution in [0.5, 0.6) is 0 Å². The molecule has 1 heterocycles. The first-order valence-electron chi connectivity index (χ1n) is 7.14. The van der Waals surface area contributed by atoms with Crippen LogP contribution < -0.4 is 10.6 Å². The van der Waals surface area contributed by atoms with Crippen molar-refractivity contribution >= 4 is 23.2 Å². The average Bonchev–Trinajstić information content (AvgIpc) is 2.48. The molecule has 1 aliphatic heterocycles. The van der Waals surface area contributed by atoms with E-state index in [1.807, 2.05) is 13.0 Å². The lowest BCUT2D eigenvalue weighted by Gasteiger charge is -2.23. The van der Waals surface area contributed by atoms with Crippen molar-refractivity contribution in [3.05, 3.63) is 28.8 Å². The number of carbonyl (C=O) groups is 1. The molecule has 2 N–H and O–H groups in total. The molecule has 4 nitrogen and oxygen atoms in total. The normalized spacial score (nSPS) is 18.6. The highest BCUT2D eigenvalue weighted by molar-refractivity contribution is 6.31. The largest absolute Gasteiger partial charge is 0.385 e. The first-order valence-corrected chi connectivity index (χ1v) is 7.51. The summed E-state index contributed by atoms with van der Waals surface area (Å²) in [6.07, 6.45) is 3.42. The van der Waals surface area contributed by atoms with Crippen molar-refractivity contribution in [3.63, 3.8) is 0 Å². The van der Waals surface area contributed by atoms with Crippen LogP contribution in [-0.2, 0) is 4.74 Å². The molecule has 1 atom stereocenters. The Bertz CT molecular complexity index is 459. The van der Waals surface area contributed by atoms with Crippen LogP contribution in [0.4, 0.5) is 5.69 Å². The minimum Gasteiger partial charge on any atom is -0.385 e. The second-order valence-electron chi connectivity index (χ2n) is 4.92. The molecule has 0 bridgehead atoms. The van der Waals surface area contributed by atoms with Gasteiger partial charge in [-0.15, -0.1) is 0 Å². The lowest BCUT2D eigenvalue weighted by atomic mass is 10.1. The second kappa shape index (κ2) is 7.50. The standard InChI is InChI=1S/C15H21ClN2O2/c1-2-17-14-7-6-11(16)9-13(14)15(19)18-10-12-5-3-4-8-20-12/h6-7,9,12,17H,2-5,8,10H2,1H3,(H,18,19). The maximum Gasteiger partial charge on any atom is 0.253 e. The molecule has 110 valence electrons. The number of halogens is 1. The third-order valence-electron chi connectivity index (χ3n) is 3.36. The Morgan fingerprint density at radius 1 is 1.45 bits per heavy atom. The van der Waals surface area contributed by atoms with Crippen LogP contribution in [0.3, 0.4) is 0 Å². The van der Waals surface area contributed by atoms with Gasteiger partial charge in [0, 0.05) is 30.4 Å². The van der Waals surface area contributed by atoms with Gasteiger partial charge in [0.1, 0.15) is 0 Å². The Kier molecular flexibility index (Phi) is 5.68. The Labute approximate surface area is 124 Å². The predicted octanol–water partition coefficient (Wildman–Crippen LogP) is 3.07. The van der Waals surface area contributed by atoms with E-state index in [-0.39, 0.29) is 12.0 Å². The highest BCUT2D eigenvalue weighted by atomic mass is 35.5. The first kappa shape index (κ1) is 15.1. The van der Waals surface area contributed by atoms with E-state index in [0.717, 1.165) is 31.7 Å². The monoisotopic (exact) mass is 296 g/mol. The van der Waals surface area contributed by atoms with E-state index in [1.54, 1.807) is 12.1 Å². The zero-order chi connectivity index (χ0) is 14.4. The van der Waals surface area contributed by atoms with Gasteiger partial charge < -0.3 is 15.4 Å². The fraction of sp³-hybridized carbons (Fsp3) is 0.533. The quantitative estimate of drug-likeness (QED) is 0.878. The Hall–Kier alpha value is -1.26. The van der Waals surface area contributed by atoms with Crippen LogP contribution in [0, 0.1) is 0 Å². The van der Waals surface area contributed by atoms with Crippen molar-refractivity contribution in [2.24, 2.45) is 0 Å². The van der Waals surface area contributed by atoms with Crippen LogP contribution >= 0.6 is 11.6 Å². The molecule has 2 rings (SSSR count). The molecule has 0 aromatic heterocycles. The molecule has 1 amide bonds. The summed E-state index contributed by atoms with van der Waals surface area (Å²) < 4.78 is 5.61. The molecule has 1 aromatic rings.